The Hall–Kier alpha value is -1.26. The highest BCUT2D eigenvalue weighted by atomic mass is 16.5. The van der Waals surface area contributed by atoms with E-state index in [0.29, 0.717) is 11.3 Å². The number of hydrogen-bond donors (Lipinski definition) is 3. The summed E-state index contributed by atoms with van der Waals surface area (Å²) in [6.07, 6.45) is -0.863. The van der Waals surface area contributed by atoms with Crippen LogP contribution in [0.15, 0.2) is 6.07 Å². The Labute approximate surface area is 89.3 Å². The Bertz CT molecular complexity index is 363. The molecule has 84 valence electrons. The Morgan fingerprint density at radius 3 is 2.53 bits per heavy atom. The lowest BCUT2D eigenvalue weighted by Gasteiger charge is -2.16. The predicted molar refractivity (Wildman–Crippen MR) is 58.1 cm³/mol. The van der Waals surface area contributed by atoms with Gasteiger partial charge in [-0.15, -0.1) is 0 Å². The summed E-state index contributed by atoms with van der Waals surface area (Å²) in [6.45, 7) is 3.82. The van der Waals surface area contributed by atoms with Crippen LogP contribution in [0.2, 0.25) is 0 Å². The van der Waals surface area contributed by atoms with Gasteiger partial charge in [-0.05, 0) is 31.0 Å². The predicted octanol–water partition coefficient (Wildman–Crippen LogP) is 1.01. The summed E-state index contributed by atoms with van der Waals surface area (Å²) in [5, 5.41) is 19.5. The molecule has 1 aromatic rings. The number of aryl methyl sites for hydroxylation is 1. The lowest BCUT2D eigenvalue weighted by molar-refractivity contribution is 0.181. The van der Waals surface area contributed by atoms with E-state index >= 15 is 0 Å². The molecule has 4 N–H and O–H groups in total. The van der Waals surface area contributed by atoms with Crippen LogP contribution in [0, 0.1) is 13.8 Å². The van der Waals surface area contributed by atoms with Crippen LogP contribution in [0.25, 0.3) is 0 Å². The zero-order chi connectivity index (χ0) is 11.6. The molecule has 0 spiro atoms. The lowest BCUT2D eigenvalue weighted by atomic mass is 10.00. The number of aliphatic hydroxyl groups is 1. The van der Waals surface area contributed by atoms with Crippen molar-refractivity contribution in [2.45, 2.75) is 20.0 Å². The van der Waals surface area contributed by atoms with Crippen LogP contribution in [-0.4, -0.2) is 23.9 Å². The zero-order valence-electron chi connectivity index (χ0n) is 9.24. The van der Waals surface area contributed by atoms with Crippen molar-refractivity contribution in [3.8, 4) is 11.5 Å². The molecule has 0 aliphatic rings. The second kappa shape index (κ2) is 4.51. The normalized spacial score (nSPS) is 12.6. The van der Waals surface area contributed by atoms with Crippen LogP contribution in [0.3, 0.4) is 0 Å². The summed E-state index contributed by atoms with van der Waals surface area (Å²) in [7, 11) is 1.49. The van der Waals surface area contributed by atoms with E-state index in [9.17, 15) is 10.2 Å². The molecule has 1 aromatic carbocycles. The third-order valence-corrected chi connectivity index (χ3v) is 2.58. The first-order chi connectivity index (χ1) is 7.02. The van der Waals surface area contributed by atoms with E-state index in [0.717, 1.165) is 11.1 Å². The number of benzene rings is 1. The molecule has 0 bridgehead atoms. The van der Waals surface area contributed by atoms with Gasteiger partial charge in [0.15, 0.2) is 11.5 Å². The highest BCUT2D eigenvalue weighted by Gasteiger charge is 2.18. The Morgan fingerprint density at radius 2 is 2.07 bits per heavy atom. The van der Waals surface area contributed by atoms with Crippen molar-refractivity contribution in [2.24, 2.45) is 5.73 Å². The zero-order valence-corrected chi connectivity index (χ0v) is 9.24. The van der Waals surface area contributed by atoms with Crippen LogP contribution in [-0.2, 0) is 0 Å². The molecule has 0 fully saturated rings. The number of nitrogens with two attached hydrogens (primary N) is 1. The number of methoxy groups -OCH3 is 1. The van der Waals surface area contributed by atoms with Crippen LogP contribution in [0.1, 0.15) is 22.8 Å². The van der Waals surface area contributed by atoms with Gasteiger partial charge in [0.2, 0.25) is 0 Å². The van der Waals surface area contributed by atoms with Gasteiger partial charge in [-0.3, -0.25) is 0 Å². The van der Waals surface area contributed by atoms with Crippen LogP contribution in [0.4, 0.5) is 0 Å². The van der Waals surface area contributed by atoms with E-state index in [2.05, 4.69) is 0 Å². The highest BCUT2D eigenvalue weighted by molar-refractivity contribution is 5.54. The van der Waals surface area contributed by atoms with E-state index in [1.165, 1.54) is 7.11 Å². The molecule has 0 aliphatic carbocycles. The number of phenolic OH excluding ortho intramolecular Hbond substituents is 1. The van der Waals surface area contributed by atoms with Crippen molar-refractivity contribution in [1.29, 1.82) is 0 Å². The molecule has 0 saturated carbocycles. The molecule has 0 radical (unpaired) electrons. The summed E-state index contributed by atoms with van der Waals surface area (Å²) in [6, 6.07) is 1.73. The minimum atomic E-state index is -0.863. The number of ether oxygens (including phenoxy) is 1. The largest absolute Gasteiger partial charge is 0.504 e. The number of hydrogen-bond acceptors (Lipinski definition) is 4. The average molecular weight is 211 g/mol. The van der Waals surface area contributed by atoms with Crippen molar-refractivity contribution < 1.29 is 14.9 Å². The first kappa shape index (κ1) is 11.8. The lowest BCUT2D eigenvalue weighted by Crippen LogP contribution is -2.12. The summed E-state index contributed by atoms with van der Waals surface area (Å²) < 4.78 is 5.09. The SMILES string of the molecule is COc1c(C)c(C)cc(C(O)CN)c1O. The molecule has 0 aromatic heterocycles. The number of rotatable bonds is 3. The van der Waals surface area contributed by atoms with Gasteiger partial charge in [-0.25, -0.2) is 0 Å². The molecule has 15 heavy (non-hydrogen) atoms. The maximum absolute atomic E-state index is 9.86. The summed E-state index contributed by atoms with van der Waals surface area (Å²) >= 11 is 0. The topological polar surface area (TPSA) is 75.7 Å². The molecule has 0 heterocycles. The van der Waals surface area contributed by atoms with Gasteiger partial charge in [0.25, 0.3) is 0 Å². The molecule has 1 unspecified atom stereocenters. The number of aromatic hydroxyl groups is 1. The van der Waals surface area contributed by atoms with Crippen molar-refractivity contribution >= 4 is 0 Å². The third kappa shape index (κ3) is 2.06. The van der Waals surface area contributed by atoms with Crippen LogP contribution >= 0.6 is 0 Å². The van der Waals surface area contributed by atoms with Gasteiger partial charge in [-0.1, -0.05) is 0 Å². The van der Waals surface area contributed by atoms with E-state index in [1.807, 2.05) is 13.8 Å². The van der Waals surface area contributed by atoms with Gasteiger partial charge >= 0.3 is 0 Å². The first-order valence-electron chi connectivity index (χ1n) is 4.78. The maximum Gasteiger partial charge on any atom is 0.164 e. The second-order valence-electron chi connectivity index (χ2n) is 3.54. The van der Waals surface area contributed by atoms with Gasteiger partial charge in [0, 0.05) is 12.1 Å². The summed E-state index contributed by atoms with van der Waals surface area (Å²) in [5.41, 5.74) is 7.58. The molecule has 4 nitrogen and oxygen atoms in total. The molecule has 1 rings (SSSR count). The molecule has 0 saturated heterocycles. The number of phenols is 1. The average Bonchev–Trinajstić information content (AvgIpc) is 2.23. The standard InChI is InChI=1S/C11H17NO3/c1-6-4-8(9(13)5-12)10(14)11(15-3)7(6)2/h4,9,13-14H,5,12H2,1-3H3. The molecule has 0 amide bonds. The van der Waals surface area contributed by atoms with E-state index in [1.54, 1.807) is 6.07 Å². The quantitative estimate of drug-likeness (QED) is 0.697. The third-order valence-electron chi connectivity index (χ3n) is 2.58. The Kier molecular flexibility index (Phi) is 3.55. The van der Waals surface area contributed by atoms with Crippen molar-refractivity contribution in [3.05, 3.63) is 22.8 Å². The Balaban J connectivity index is 3.36. The van der Waals surface area contributed by atoms with E-state index in [4.69, 9.17) is 10.5 Å². The van der Waals surface area contributed by atoms with Crippen LogP contribution < -0.4 is 10.5 Å². The van der Waals surface area contributed by atoms with Crippen molar-refractivity contribution in [2.75, 3.05) is 13.7 Å². The van der Waals surface area contributed by atoms with E-state index < -0.39 is 6.10 Å². The smallest absolute Gasteiger partial charge is 0.164 e. The Morgan fingerprint density at radius 1 is 1.47 bits per heavy atom. The number of aliphatic hydroxyl groups excluding tert-OH is 1. The van der Waals surface area contributed by atoms with Gasteiger partial charge in [0.1, 0.15) is 0 Å². The monoisotopic (exact) mass is 211 g/mol. The highest BCUT2D eigenvalue weighted by Crippen LogP contribution is 2.38. The maximum atomic E-state index is 9.86. The summed E-state index contributed by atoms with van der Waals surface area (Å²) in [5.74, 6) is 0.371. The fourth-order valence-corrected chi connectivity index (χ4v) is 1.53. The van der Waals surface area contributed by atoms with E-state index in [-0.39, 0.29) is 12.3 Å². The minimum Gasteiger partial charge on any atom is -0.504 e. The molecular formula is C11H17NO3. The van der Waals surface area contributed by atoms with Crippen molar-refractivity contribution in [3.63, 3.8) is 0 Å². The fourth-order valence-electron chi connectivity index (χ4n) is 1.53. The van der Waals surface area contributed by atoms with Crippen molar-refractivity contribution in [1.82, 2.24) is 0 Å². The van der Waals surface area contributed by atoms with Crippen LogP contribution in [0.5, 0.6) is 11.5 Å². The van der Waals surface area contributed by atoms with Gasteiger partial charge in [0.05, 0.1) is 13.2 Å². The molecular weight excluding hydrogens is 194 g/mol. The van der Waals surface area contributed by atoms with Gasteiger partial charge < -0.3 is 20.7 Å². The molecule has 1 atom stereocenters. The fraction of sp³-hybridized carbons (Fsp3) is 0.455. The summed E-state index contributed by atoms with van der Waals surface area (Å²) in [4.78, 5) is 0. The molecule has 0 aliphatic heterocycles. The minimum absolute atomic E-state index is 0.0291. The second-order valence-corrected chi connectivity index (χ2v) is 3.54. The molecule has 4 heteroatoms. The first-order valence-corrected chi connectivity index (χ1v) is 4.78. The van der Waals surface area contributed by atoms with Gasteiger partial charge in [-0.2, -0.15) is 0 Å².